The Labute approximate surface area is 124 Å². The van der Waals surface area contributed by atoms with Crippen LogP contribution < -0.4 is 10.1 Å². The summed E-state index contributed by atoms with van der Waals surface area (Å²) in [5.74, 6) is 0.174. The topological polar surface area (TPSA) is 41.5 Å². The molecule has 0 aromatic heterocycles. The average Bonchev–Trinajstić information content (AvgIpc) is 2.80. The highest BCUT2D eigenvalue weighted by Crippen LogP contribution is 2.38. The summed E-state index contributed by atoms with van der Waals surface area (Å²) in [4.78, 5) is 0. The van der Waals surface area contributed by atoms with Gasteiger partial charge in [-0.25, -0.2) is 0 Å². The van der Waals surface area contributed by atoms with Crippen LogP contribution in [0.5, 0.6) is 5.75 Å². The molecule has 3 atom stereocenters. The first-order chi connectivity index (χ1) is 9.94. The summed E-state index contributed by atoms with van der Waals surface area (Å²) < 4.78 is 29.0. The summed E-state index contributed by atoms with van der Waals surface area (Å²) in [5, 5.41) is 13.1. The van der Waals surface area contributed by atoms with Crippen molar-refractivity contribution in [1.82, 2.24) is 5.32 Å². The van der Waals surface area contributed by atoms with E-state index in [1.807, 2.05) is 13.0 Å². The third-order valence-electron chi connectivity index (χ3n) is 4.48. The van der Waals surface area contributed by atoms with E-state index in [2.05, 4.69) is 17.0 Å². The lowest BCUT2D eigenvalue weighted by Crippen LogP contribution is -2.42. The number of aliphatic hydroxyl groups is 1. The molecule has 0 spiro atoms. The number of benzene rings is 1. The maximum atomic E-state index is 12.3. The summed E-state index contributed by atoms with van der Waals surface area (Å²) in [6.07, 6.45) is 3.12. The van der Waals surface area contributed by atoms with Gasteiger partial charge in [-0.05, 0) is 37.5 Å². The second kappa shape index (κ2) is 6.71. The lowest BCUT2D eigenvalue weighted by Gasteiger charge is -2.32. The number of aliphatic hydroxyl groups excluding tert-OH is 1. The Hall–Kier alpha value is -1.20. The van der Waals surface area contributed by atoms with Crippen molar-refractivity contribution >= 4 is 0 Å². The van der Waals surface area contributed by atoms with Gasteiger partial charge in [-0.2, -0.15) is 8.78 Å². The van der Waals surface area contributed by atoms with Crippen LogP contribution in [0, 0.1) is 5.41 Å². The molecule has 0 aliphatic heterocycles. The summed E-state index contributed by atoms with van der Waals surface area (Å²) in [6, 6.07) is 7.01. The fourth-order valence-corrected chi connectivity index (χ4v) is 3.06. The van der Waals surface area contributed by atoms with Crippen molar-refractivity contribution in [3.63, 3.8) is 0 Å². The van der Waals surface area contributed by atoms with Gasteiger partial charge in [0.15, 0.2) is 0 Å². The minimum Gasteiger partial charge on any atom is -0.435 e. The van der Waals surface area contributed by atoms with Crippen LogP contribution in [0.4, 0.5) is 8.78 Å². The van der Waals surface area contributed by atoms with Crippen LogP contribution in [0.2, 0.25) is 0 Å². The van der Waals surface area contributed by atoms with Gasteiger partial charge in [0.2, 0.25) is 0 Å². The minimum atomic E-state index is -2.81. The van der Waals surface area contributed by atoms with Gasteiger partial charge in [0.05, 0.1) is 0 Å². The van der Waals surface area contributed by atoms with Crippen LogP contribution in [-0.4, -0.2) is 24.4 Å². The minimum absolute atomic E-state index is 0.0141. The molecule has 0 amide bonds. The SMILES string of the molecule is CC(NC1CCCC1(C)CO)c1cccc(OC(F)F)c1. The van der Waals surface area contributed by atoms with Gasteiger partial charge in [0.1, 0.15) is 5.75 Å². The number of rotatable bonds is 6. The smallest absolute Gasteiger partial charge is 0.387 e. The number of halogens is 2. The van der Waals surface area contributed by atoms with Crippen molar-refractivity contribution in [2.75, 3.05) is 6.61 Å². The molecule has 0 radical (unpaired) electrons. The fraction of sp³-hybridized carbons (Fsp3) is 0.625. The van der Waals surface area contributed by atoms with E-state index in [9.17, 15) is 13.9 Å². The molecule has 1 aliphatic rings. The standard InChI is InChI=1S/C16H23F2NO2/c1-11(19-14-7-4-8-16(14,2)10-20)12-5-3-6-13(9-12)21-15(17)18/h3,5-6,9,11,14-15,19-20H,4,7-8,10H2,1-2H3. The van der Waals surface area contributed by atoms with Gasteiger partial charge >= 0.3 is 6.61 Å². The molecular weight excluding hydrogens is 276 g/mol. The number of ether oxygens (including phenoxy) is 1. The van der Waals surface area contributed by atoms with Crippen LogP contribution in [0.1, 0.15) is 44.7 Å². The molecule has 1 aromatic rings. The highest BCUT2D eigenvalue weighted by molar-refractivity contribution is 5.30. The molecule has 3 unspecified atom stereocenters. The number of hydrogen-bond donors (Lipinski definition) is 2. The van der Waals surface area contributed by atoms with Crippen molar-refractivity contribution in [3.05, 3.63) is 29.8 Å². The fourth-order valence-electron chi connectivity index (χ4n) is 3.06. The monoisotopic (exact) mass is 299 g/mol. The Morgan fingerprint density at radius 1 is 1.48 bits per heavy atom. The second-order valence-electron chi connectivity index (χ2n) is 6.10. The molecule has 5 heteroatoms. The van der Waals surface area contributed by atoms with Gasteiger partial charge in [-0.15, -0.1) is 0 Å². The zero-order valence-corrected chi connectivity index (χ0v) is 12.5. The highest BCUT2D eigenvalue weighted by atomic mass is 19.3. The van der Waals surface area contributed by atoms with Crippen LogP contribution in [-0.2, 0) is 0 Å². The largest absolute Gasteiger partial charge is 0.435 e. The zero-order chi connectivity index (χ0) is 15.5. The maximum absolute atomic E-state index is 12.3. The Morgan fingerprint density at radius 3 is 2.90 bits per heavy atom. The highest BCUT2D eigenvalue weighted by Gasteiger charge is 2.38. The van der Waals surface area contributed by atoms with E-state index < -0.39 is 6.61 Å². The van der Waals surface area contributed by atoms with Crippen LogP contribution in [0.3, 0.4) is 0 Å². The first-order valence-corrected chi connectivity index (χ1v) is 7.36. The lowest BCUT2D eigenvalue weighted by molar-refractivity contribution is -0.0499. The van der Waals surface area contributed by atoms with E-state index in [-0.39, 0.29) is 29.9 Å². The first kappa shape index (κ1) is 16.2. The first-order valence-electron chi connectivity index (χ1n) is 7.36. The van der Waals surface area contributed by atoms with Crippen LogP contribution in [0.25, 0.3) is 0 Å². The molecule has 21 heavy (non-hydrogen) atoms. The Balaban J connectivity index is 2.04. The van der Waals surface area contributed by atoms with Gasteiger partial charge in [-0.3, -0.25) is 0 Å². The van der Waals surface area contributed by atoms with Gasteiger partial charge in [0.25, 0.3) is 0 Å². The van der Waals surface area contributed by atoms with Crippen molar-refractivity contribution in [1.29, 1.82) is 0 Å². The molecule has 2 rings (SSSR count). The normalized spacial score (nSPS) is 27.0. The molecule has 1 saturated carbocycles. The van der Waals surface area contributed by atoms with E-state index in [4.69, 9.17) is 0 Å². The second-order valence-corrected chi connectivity index (χ2v) is 6.10. The predicted octanol–water partition coefficient (Wildman–Crippen LogP) is 3.49. The summed E-state index contributed by atoms with van der Waals surface area (Å²) in [6.45, 7) is 1.43. The number of alkyl halides is 2. The van der Waals surface area contributed by atoms with Crippen molar-refractivity contribution in [3.8, 4) is 5.75 Å². The Bertz CT molecular complexity index is 469. The summed E-state index contributed by atoms with van der Waals surface area (Å²) in [5.41, 5.74) is 0.797. The molecular formula is C16H23F2NO2. The number of hydrogen-bond acceptors (Lipinski definition) is 3. The van der Waals surface area contributed by atoms with E-state index in [0.717, 1.165) is 24.8 Å². The molecule has 1 fully saturated rings. The molecule has 0 saturated heterocycles. The molecule has 0 heterocycles. The van der Waals surface area contributed by atoms with Crippen LogP contribution >= 0.6 is 0 Å². The molecule has 2 N–H and O–H groups in total. The number of nitrogens with one attached hydrogen (secondary N) is 1. The third-order valence-corrected chi connectivity index (χ3v) is 4.48. The third kappa shape index (κ3) is 3.92. The Morgan fingerprint density at radius 2 is 2.24 bits per heavy atom. The van der Waals surface area contributed by atoms with Gasteiger partial charge in [-0.1, -0.05) is 25.5 Å². The van der Waals surface area contributed by atoms with E-state index in [0.29, 0.717) is 0 Å². The zero-order valence-electron chi connectivity index (χ0n) is 12.5. The molecule has 3 nitrogen and oxygen atoms in total. The average molecular weight is 299 g/mol. The lowest BCUT2D eigenvalue weighted by atomic mass is 9.85. The van der Waals surface area contributed by atoms with Gasteiger partial charge in [0, 0.05) is 24.1 Å². The van der Waals surface area contributed by atoms with Crippen LogP contribution in [0.15, 0.2) is 24.3 Å². The van der Waals surface area contributed by atoms with E-state index >= 15 is 0 Å². The molecule has 0 bridgehead atoms. The van der Waals surface area contributed by atoms with E-state index in [1.54, 1.807) is 12.1 Å². The maximum Gasteiger partial charge on any atom is 0.387 e. The quantitative estimate of drug-likeness (QED) is 0.845. The van der Waals surface area contributed by atoms with Crippen molar-refractivity contribution in [2.45, 2.75) is 51.8 Å². The van der Waals surface area contributed by atoms with Gasteiger partial charge < -0.3 is 15.2 Å². The Kier molecular flexibility index (Phi) is 5.17. The predicted molar refractivity (Wildman–Crippen MR) is 77.5 cm³/mol. The van der Waals surface area contributed by atoms with Crippen molar-refractivity contribution in [2.24, 2.45) is 5.41 Å². The van der Waals surface area contributed by atoms with Crippen molar-refractivity contribution < 1.29 is 18.6 Å². The molecule has 118 valence electrons. The molecule has 1 aliphatic carbocycles. The summed E-state index contributed by atoms with van der Waals surface area (Å²) in [7, 11) is 0. The molecule has 1 aromatic carbocycles. The summed E-state index contributed by atoms with van der Waals surface area (Å²) >= 11 is 0. The van der Waals surface area contributed by atoms with E-state index in [1.165, 1.54) is 6.07 Å².